The molecule has 0 atom stereocenters. The maximum absolute atomic E-state index is 13.0. The van der Waals surface area contributed by atoms with Crippen molar-refractivity contribution in [2.24, 2.45) is 0 Å². The van der Waals surface area contributed by atoms with Gasteiger partial charge in [0, 0.05) is 50.7 Å². The van der Waals surface area contributed by atoms with E-state index in [0.29, 0.717) is 36.6 Å². The normalized spacial score (nSPS) is 14.6. The number of fused-ring (bicyclic) bond motifs is 1. The zero-order valence-electron chi connectivity index (χ0n) is 18.1. The third-order valence-electron chi connectivity index (χ3n) is 6.07. The highest BCUT2D eigenvalue weighted by Crippen LogP contribution is 2.33. The van der Waals surface area contributed by atoms with E-state index in [1.54, 1.807) is 24.5 Å². The number of H-pyrrole nitrogens is 1. The second-order valence-electron chi connectivity index (χ2n) is 8.14. The van der Waals surface area contributed by atoms with E-state index in [1.807, 2.05) is 41.3 Å². The lowest BCUT2D eigenvalue weighted by molar-refractivity contribution is 0.0615. The summed E-state index contributed by atoms with van der Waals surface area (Å²) in [5.41, 5.74) is 4.60. The predicted octanol–water partition coefficient (Wildman–Crippen LogP) is 2.75. The Hall–Kier alpha value is -3.75. The number of phenolic OH excluding ortho intramolecular Hbond substituents is 1. The van der Waals surface area contributed by atoms with Crippen molar-refractivity contribution in [2.45, 2.75) is 0 Å². The lowest BCUT2D eigenvalue weighted by Gasteiger charge is -2.34. The summed E-state index contributed by atoms with van der Waals surface area (Å²) in [6.45, 7) is 3.57. The van der Waals surface area contributed by atoms with Crippen LogP contribution in [0.15, 0.2) is 60.9 Å². The molecule has 0 unspecified atom stereocenters. The number of carbonyl (C=O) groups is 1. The third-order valence-corrected chi connectivity index (χ3v) is 6.07. The molecule has 5 rings (SSSR count). The molecule has 0 saturated carbocycles. The van der Waals surface area contributed by atoms with Gasteiger partial charge in [-0.3, -0.25) is 14.7 Å². The van der Waals surface area contributed by atoms with Gasteiger partial charge in [-0.15, -0.1) is 0 Å². The molecule has 168 valence electrons. The molecule has 8 heteroatoms. The fourth-order valence-corrected chi connectivity index (χ4v) is 4.22. The molecule has 1 aliphatic heterocycles. The van der Waals surface area contributed by atoms with Crippen molar-refractivity contribution in [3.8, 4) is 28.3 Å². The van der Waals surface area contributed by atoms with Gasteiger partial charge in [0.25, 0.3) is 5.91 Å². The van der Waals surface area contributed by atoms with E-state index < -0.39 is 0 Å². The van der Waals surface area contributed by atoms with Gasteiger partial charge in [0.2, 0.25) is 0 Å². The molecule has 3 heterocycles. The minimum Gasteiger partial charge on any atom is -0.507 e. The highest BCUT2D eigenvalue weighted by Gasteiger charge is 2.22. The predicted molar refractivity (Wildman–Crippen MR) is 126 cm³/mol. The SMILES string of the molecule is O=C(c1ccc2nc(-c3cc(-c4ccncc4)ccc3O)[nH]c2c1)N1CCN(CCO)CC1. The number of imidazole rings is 1. The molecule has 0 bridgehead atoms. The number of piperazine rings is 1. The quantitative estimate of drug-likeness (QED) is 0.438. The smallest absolute Gasteiger partial charge is 0.254 e. The molecular weight excluding hydrogens is 418 g/mol. The lowest BCUT2D eigenvalue weighted by atomic mass is 10.0. The summed E-state index contributed by atoms with van der Waals surface area (Å²) in [4.78, 5) is 29.0. The summed E-state index contributed by atoms with van der Waals surface area (Å²) < 4.78 is 0. The van der Waals surface area contributed by atoms with Gasteiger partial charge < -0.3 is 20.1 Å². The Morgan fingerprint density at radius 3 is 2.52 bits per heavy atom. The number of aromatic hydroxyl groups is 1. The van der Waals surface area contributed by atoms with Gasteiger partial charge in [0.1, 0.15) is 11.6 Å². The number of phenols is 1. The Morgan fingerprint density at radius 2 is 1.76 bits per heavy atom. The number of pyridine rings is 1. The lowest BCUT2D eigenvalue weighted by Crippen LogP contribution is -2.49. The van der Waals surface area contributed by atoms with E-state index in [4.69, 9.17) is 5.11 Å². The highest BCUT2D eigenvalue weighted by molar-refractivity contribution is 5.98. The minimum atomic E-state index is -0.0146. The van der Waals surface area contributed by atoms with E-state index in [0.717, 1.165) is 35.2 Å². The number of aliphatic hydroxyl groups is 1. The average molecular weight is 444 g/mol. The zero-order valence-corrected chi connectivity index (χ0v) is 18.1. The van der Waals surface area contributed by atoms with E-state index in [1.165, 1.54) is 0 Å². The molecule has 33 heavy (non-hydrogen) atoms. The van der Waals surface area contributed by atoms with E-state index in [-0.39, 0.29) is 18.3 Å². The summed E-state index contributed by atoms with van der Waals surface area (Å²) in [5, 5.41) is 19.6. The molecule has 2 aromatic heterocycles. The van der Waals surface area contributed by atoms with Gasteiger partial charge in [-0.05, 0) is 53.6 Å². The monoisotopic (exact) mass is 443 g/mol. The molecule has 1 aliphatic rings. The summed E-state index contributed by atoms with van der Waals surface area (Å²) in [6, 6.07) is 14.7. The van der Waals surface area contributed by atoms with Gasteiger partial charge in [-0.2, -0.15) is 0 Å². The van der Waals surface area contributed by atoms with Crippen LogP contribution in [-0.2, 0) is 0 Å². The van der Waals surface area contributed by atoms with Crippen LogP contribution in [0, 0.1) is 0 Å². The number of aromatic amines is 1. The molecule has 2 aromatic carbocycles. The van der Waals surface area contributed by atoms with Crippen LogP contribution in [0.25, 0.3) is 33.5 Å². The molecule has 0 aliphatic carbocycles. The number of nitrogens with zero attached hydrogens (tertiary/aromatic N) is 4. The first kappa shape index (κ1) is 21.1. The Kier molecular flexibility index (Phi) is 5.77. The number of amides is 1. The molecule has 3 N–H and O–H groups in total. The van der Waals surface area contributed by atoms with Gasteiger partial charge in [0.15, 0.2) is 0 Å². The van der Waals surface area contributed by atoms with E-state index >= 15 is 0 Å². The number of hydrogen-bond donors (Lipinski definition) is 3. The number of benzene rings is 2. The number of aliphatic hydroxyl groups excluding tert-OH is 1. The summed E-state index contributed by atoms with van der Waals surface area (Å²) in [5.74, 6) is 0.656. The van der Waals surface area contributed by atoms with Crippen molar-refractivity contribution in [2.75, 3.05) is 39.3 Å². The summed E-state index contributed by atoms with van der Waals surface area (Å²) >= 11 is 0. The Balaban J connectivity index is 1.41. The number of rotatable bonds is 5. The largest absolute Gasteiger partial charge is 0.507 e. The number of hydrogen-bond acceptors (Lipinski definition) is 6. The van der Waals surface area contributed by atoms with E-state index in [9.17, 15) is 9.90 Å². The molecule has 1 fully saturated rings. The molecule has 0 spiro atoms. The number of β-amino-alcohol motifs (C(OH)–C–C–N with tert-alkyl or cyclic N) is 1. The Bertz CT molecular complexity index is 1280. The van der Waals surface area contributed by atoms with Gasteiger partial charge in [-0.25, -0.2) is 4.98 Å². The molecule has 8 nitrogen and oxygen atoms in total. The van der Waals surface area contributed by atoms with Gasteiger partial charge >= 0.3 is 0 Å². The van der Waals surface area contributed by atoms with Crippen molar-refractivity contribution in [3.05, 3.63) is 66.5 Å². The number of nitrogens with one attached hydrogen (secondary N) is 1. The van der Waals surface area contributed by atoms with Crippen molar-refractivity contribution in [1.29, 1.82) is 0 Å². The van der Waals surface area contributed by atoms with Crippen LogP contribution in [0.4, 0.5) is 0 Å². The van der Waals surface area contributed by atoms with Crippen molar-refractivity contribution in [1.82, 2.24) is 24.8 Å². The van der Waals surface area contributed by atoms with Crippen LogP contribution in [0.1, 0.15) is 10.4 Å². The summed E-state index contributed by atoms with van der Waals surface area (Å²) in [7, 11) is 0. The van der Waals surface area contributed by atoms with Crippen molar-refractivity contribution in [3.63, 3.8) is 0 Å². The first-order chi connectivity index (χ1) is 16.1. The first-order valence-electron chi connectivity index (χ1n) is 11.0. The van der Waals surface area contributed by atoms with Crippen LogP contribution in [-0.4, -0.2) is 80.2 Å². The van der Waals surface area contributed by atoms with Crippen LogP contribution < -0.4 is 0 Å². The topological polar surface area (TPSA) is 106 Å². The minimum absolute atomic E-state index is 0.0146. The second kappa shape index (κ2) is 9.01. The van der Waals surface area contributed by atoms with E-state index in [2.05, 4.69) is 19.9 Å². The standard InChI is InChI=1S/C25H25N5O3/c31-14-13-29-9-11-30(12-10-29)25(33)19-1-3-21-22(16-19)28-24(27-21)20-15-18(2-4-23(20)32)17-5-7-26-8-6-17/h1-8,15-16,31-32H,9-14H2,(H,27,28). The third kappa shape index (κ3) is 4.30. The Labute approximate surface area is 191 Å². The fourth-order valence-electron chi connectivity index (χ4n) is 4.22. The molecular formula is C25H25N5O3. The highest BCUT2D eigenvalue weighted by atomic mass is 16.3. The van der Waals surface area contributed by atoms with Crippen LogP contribution in [0.2, 0.25) is 0 Å². The second-order valence-corrected chi connectivity index (χ2v) is 8.14. The average Bonchev–Trinajstić information content (AvgIpc) is 3.28. The summed E-state index contributed by atoms with van der Waals surface area (Å²) in [6.07, 6.45) is 3.46. The molecule has 1 amide bonds. The maximum Gasteiger partial charge on any atom is 0.254 e. The maximum atomic E-state index is 13.0. The van der Waals surface area contributed by atoms with Crippen LogP contribution in [0.5, 0.6) is 5.75 Å². The molecule has 0 radical (unpaired) electrons. The van der Waals surface area contributed by atoms with Crippen molar-refractivity contribution < 1.29 is 15.0 Å². The van der Waals surface area contributed by atoms with Crippen LogP contribution in [0.3, 0.4) is 0 Å². The fraction of sp³-hybridized carbons (Fsp3) is 0.240. The Morgan fingerprint density at radius 1 is 0.970 bits per heavy atom. The van der Waals surface area contributed by atoms with Crippen molar-refractivity contribution >= 4 is 16.9 Å². The number of aromatic nitrogens is 3. The van der Waals surface area contributed by atoms with Gasteiger partial charge in [-0.1, -0.05) is 6.07 Å². The molecule has 4 aromatic rings. The number of carbonyl (C=O) groups excluding carboxylic acids is 1. The van der Waals surface area contributed by atoms with Crippen LogP contribution >= 0.6 is 0 Å². The zero-order chi connectivity index (χ0) is 22.8. The first-order valence-corrected chi connectivity index (χ1v) is 11.0. The van der Waals surface area contributed by atoms with Gasteiger partial charge in [0.05, 0.1) is 23.2 Å². The molecule has 1 saturated heterocycles.